The molecule has 1 aromatic heterocycles. The molecule has 0 amide bonds. The molecule has 1 rings (SSSR count). The monoisotopic (exact) mass is 213 g/mol. The number of aromatic nitrogens is 1. The van der Waals surface area contributed by atoms with Gasteiger partial charge in [-0.15, -0.1) is 0 Å². The van der Waals surface area contributed by atoms with E-state index in [0.29, 0.717) is 5.15 Å². The van der Waals surface area contributed by atoms with Crippen molar-refractivity contribution in [3.05, 3.63) is 29.0 Å². The molecular formula is C10H16ClN3. The highest BCUT2D eigenvalue weighted by Crippen LogP contribution is 2.16. The average molecular weight is 214 g/mol. The molecule has 4 heteroatoms. The first-order valence-corrected chi connectivity index (χ1v) is 5.19. The Morgan fingerprint density at radius 3 is 2.71 bits per heavy atom. The maximum Gasteiger partial charge on any atom is 0.129 e. The summed E-state index contributed by atoms with van der Waals surface area (Å²) in [5, 5.41) is 0.503. The first-order valence-electron chi connectivity index (χ1n) is 4.81. The molecular weight excluding hydrogens is 198 g/mol. The zero-order chi connectivity index (χ0) is 10.4. The molecule has 1 heterocycles. The van der Waals surface area contributed by atoms with E-state index in [-0.39, 0.29) is 6.04 Å². The van der Waals surface area contributed by atoms with E-state index in [4.69, 9.17) is 23.1 Å². The fraction of sp³-hybridized carbons (Fsp3) is 0.500. The minimum Gasteiger partial charge on any atom is -0.330 e. The predicted octanol–water partition coefficient (Wildman–Crippen LogP) is 1.86. The van der Waals surface area contributed by atoms with Gasteiger partial charge in [-0.25, -0.2) is 4.98 Å². The van der Waals surface area contributed by atoms with Crippen molar-refractivity contribution in [1.82, 2.24) is 4.98 Å². The Bertz CT molecular complexity index is 261. The lowest BCUT2D eigenvalue weighted by Crippen LogP contribution is -2.11. The highest BCUT2D eigenvalue weighted by Gasteiger charge is 2.05. The van der Waals surface area contributed by atoms with Crippen LogP contribution in [-0.2, 0) is 0 Å². The van der Waals surface area contributed by atoms with Gasteiger partial charge in [0.2, 0.25) is 0 Å². The Balaban J connectivity index is 2.43. The topological polar surface area (TPSA) is 64.9 Å². The Hall–Kier alpha value is -0.640. The van der Waals surface area contributed by atoms with Crippen molar-refractivity contribution in [2.45, 2.75) is 25.3 Å². The zero-order valence-electron chi connectivity index (χ0n) is 8.12. The van der Waals surface area contributed by atoms with E-state index in [2.05, 4.69) is 4.98 Å². The Labute approximate surface area is 89.5 Å². The van der Waals surface area contributed by atoms with E-state index in [1.165, 1.54) is 0 Å². The summed E-state index contributed by atoms with van der Waals surface area (Å²) in [6.45, 7) is 0.728. The second-order valence-electron chi connectivity index (χ2n) is 3.31. The molecule has 0 radical (unpaired) electrons. The average Bonchev–Trinajstić information content (AvgIpc) is 2.19. The summed E-state index contributed by atoms with van der Waals surface area (Å²) in [7, 11) is 0. The Kier molecular flexibility index (Phi) is 4.87. The predicted molar refractivity (Wildman–Crippen MR) is 59.1 cm³/mol. The van der Waals surface area contributed by atoms with E-state index < -0.39 is 0 Å². The number of pyridine rings is 1. The van der Waals surface area contributed by atoms with Crippen LogP contribution in [0.5, 0.6) is 0 Å². The van der Waals surface area contributed by atoms with E-state index in [0.717, 1.165) is 31.4 Å². The van der Waals surface area contributed by atoms with Gasteiger partial charge in [-0.05, 0) is 31.0 Å². The van der Waals surface area contributed by atoms with E-state index in [1.54, 1.807) is 12.3 Å². The van der Waals surface area contributed by atoms with Crippen LogP contribution < -0.4 is 11.5 Å². The first kappa shape index (κ1) is 11.4. The molecule has 1 aromatic rings. The van der Waals surface area contributed by atoms with Crippen LogP contribution in [0.2, 0.25) is 5.15 Å². The van der Waals surface area contributed by atoms with Gasteiger partial charge in [0.15, 0.2) is 0 Å². The molecule has 0 aromatic carbocycles. The van der Waals surface area contributed by atoms with Crippen LogP contribution in [-0.4, -0.2) is 11.5 Å². The second-order valence-corrected chi connectivity index (χ2v) is 3.69. The molecule has 3 nitrogen and oxygen atoms in total. The molecule has 0 aliphatic heterocycles. The number of nitrogens with zero attached hydrogens (tertiary/aromatic N) is 1. The molecule has 0 saturated carbocycles. The largest absolute Gasteiger partial charge is 0.330 e. The summed E-state index contributed by atoms with van der Waals surface area (Å²) in [6, 6.07) is 3.73. The van der Waals surface area contributed by atoms with E-state index in [9.17, 15) is 0 Å². The van der Waals surface area contributed by atoms with Crippen LogP contribution in [0, 0.1) is 0 Å². The van der Waals surface area contributed by atoms with Gasteiger partial charge in [0.25, 0.3) is 0 Å². The molecule has 4 N–H and O–H groups in total. The van der Waals surface area contributed by atoms with Gasteiger partial charge < -0.3 is 11.5 Å². The lowest BCUT2D eigenvalue weighted by Gasteiger charge is -2.10. The molecule has 0 fully saturated rings. The van der Waals surface area contributed by atoms with Crippen molar-refractivity contribution >= 4 is 11.6 Å². The molecule has 1 atom stereocenters. The van der Waals surface area contributed by atoms with Crippen molar-refractivity contribution < 1.29 is 0 Å². The summed E-state index contributed by atoms with van der Waals surface area (Å²) in [5.41, 5.74) is 12.4. The molecule has 0 bridgehead atoms. The summed E-state index contributed by atoms with van der Waals surface area (Å²) in [4.78, 5) is 3.99. The minimum absolute atomic E-state index is 0.0475. The Morgan fingerprint density at radius 2 is 2.14 bits per heavy atom. The van der Waals surface area contributed by atoms with Crippen molar-refractivity contribution in [2.24, 2.45) is 11.5 Å². The number of rotatable bonds is 5. The van der Waals surface area contributed by atoms with Gasteiger partial charge >= 0.3 is 0 Å². The van der Waals surface area contributed by atoms with Gasteiger partial charge in [-0.3, -0.25) is 0 Å². The summed E-state index contributed by atoms with van der Waals surface area (Å²) in [5.74, 6) is 0. The van der Waals surface area contributed by atoms with E-state index >= 15 is 0 Å². The summed E-state index contributed by atoms with van der Waals surface area (Å²) < 4.78 is 0. The second kappa shape index (κ2) is 5.96. The van der Waals surface area contributed by atoms with Crippen LogP contribution in [0.3, 0.4) is 0 Å². The number of hydrogen-bond donors (Lipinski definition) is 2. The number of halogens is 1. The molecule has 0 saturated heterocycles. The maximum atomic E-state index is 5.96. The number of hydrogen-bond acceptors (Lipinski definition) is 3. The number of unbranched alkanes of at least 4 members (excludes halogenated alkanes) is 1. The van der Waals surface area contributed by atoms with Crippen LogP contribution in [0.15, 0.2) is 18.3 Å². The van der Waals surface area contributed by atoms with E-state index in [1.807, 2.05) is 6.07 Å². The lowest BCUT2D eigenvalue weighted by atomic mass is 10.0. The molecule has 0 unspecified atom stereocenters. The summed E-state index contributed by atoms with van der Waals surface area (Å²) in [6.07, 6.45) is 4.75. The third-order valence-corrected chi connectivity index (χ3v) is 2.37. The van der Waals surface area contributed by atoms with Crippen LogP contribution in [0.4, 0.5) is 0 Å². The molecule has 78 valence electrons. The SMILES string of the molecule is NCCCC[C@H](N)c1ccc(Cl)nc1. The quantitative estimate of drug-likeness (QED) is 0.580. The number of nitrogens with two attached hydrogens (primary N) is 2. The zero-order valence-corrected chi connectivity index (χ0v) is 8.87. The third kappa shape index (κ3) is 3.62. The van der Waals surface area contributed by atoms with Gasteiger partial charge in [-0.2, -0.15) is 0 Å². The van der Waals surface area contributed by atoms with Crippen LogP contribution in [0.25, 0.3) is 0 Å². The smallest absolute Gasteiger partial charge is 0.129 e. The van der Waals surface area contributed by atoms with Crippen molar-refractivity contribution in [1.29, 1.82) is 0 Å². The summed E-state index contributed by atoms with van der Waals surface area (Å²) >= 11 is 5.67. The molecule has 0 spiro atoms. The molecule has 0 aliphatic rings. The van der Waals surface area contributed by atoms with Crippen LogP contribution >= 0.6 is 11.6 Å². The van der Waals surface area contributed by atoms with Gasteiger partial charge in [0.1, 0.15) is 5.15 Å². The van der Waals surface area contributed by atoms with Crippen molar-refractivity contribution in [2.75, 3.05) is 6.54 Å². The van der Waals surface area contributed by atoms with Crippen molar-refractivity contribution in [3.63, 3.8) is 0 Å². The Morgan fingerprint density at radius 1 is 1.36 bits per heavy atom. The standard InChI is InChI=1S/C10H16ClN3/c11-10-5-4-8(7-14-10)9(13)3-1-2-6-12/h4-5,7,9H,1-3,6,12-13H2/t9-/m0/s1. The normalized spacial score (nSPS) is 12.8. The fourth-order valence-electron chi connectivity index (χ4n) is 1.28. The highest BCUT2D eigenvalue weighted by molar-refractivity contribution is 6.29. The first-order chi connectivity index (χ1) is 6.74. The highest BCUT2D eigenvalue weighted by atomic mass is 35.5. The van der Waals surface area contributed by atoms with Gasteiger partial charge in [0, 0.05) is 12.2 Å². The lowest BCUT2D eigenvalue weighted by molar-refractivity contribution is 0.589. The minimum atomic E-state index is 0.0475. The molecule has 0 aliphatic carbocycles. The maximum absolute atomic E-state index is 5.96. The molecule has 14 heavy (non-hydrogen) atoms. The third-order valence-electron chi connectivity index (χ3n) is 2.15. The fourth-order valence-corrected chi connectivity index (χ4v) is 1.39. The van der Waals surface area contributed by atoms with Gasteiger partial charge in [0.05, 0.1) is 0 Å². The van der Waals surface area contributed by atoms with Crippen LogP contribution in [0.1, 0.15) is 30.9 Å². The van der Waals surface area contributed by atoms with Crippen molar-refractivity contribution in [3.8, 4) is 0 Å². The van der Waals surface area contributed by atoms with Gasteiger partial charge in [-0.1, -0.05) is 24.1 Å².